The average molecular weight is 377 g/mol. The van der Waals surface area contributed by atoms with Gasteiger partial charge in [-0.1, -0.05) is 35.6 Å². The minimum absolute atomic E-state index is 0.259. The molecule has 6 heteroatoms. The van der Waals surface area contributed by atoms with Crippen molar-refractivity contribution in [2.45, 2.75) is 13.5 Å². The van der Waals surface area contributed by atoms with Gasteiger partial charge in [0.2, 0.25) is 0 Å². The Morgan fingerprint density at radius 3 is 2.70 bits per heavy atom. The van der Waals surface area contributed by atoms with Crippen molar-refractivity contribution in [3.05, 3.63) is 89.5 Å². The summed E-state index contributed by atoms with van der Waals surface area (Å²) in [7, 11) is 0. The van der Waals surface area contributed by atoms with Gasteiger partial charge in [0.15, 0.2) is 5.13 Å². The molecule has 2 aromatic carbocycles. The van der Waals surface area contributed by atoms with Crippen molar-refractivity contribution in [1.82, 2.24) is 9.97 Å². The van der Waals surface area contributed by atoms with Crippen molar-refractivity contribution in [3.8, 4) is 0 Å². The van der Waals surface area contributed by atoms with Gasteiger partial charge < -0.3 is 0 Å². The quantitative estimate of drug-likeness (QED) is 0.504. The van der Waals surface area contributed by atoms with Crippen LogP contribution < -0.4 is 4.90 Å². The molecular weight excluding hydrogens is 361 g/mol. The molecule has 2 heterocycles. The Labute approximate surface area is 159 Å². The average Bonchev–Trinajstić information content (AvgIpc) is 3.12. The van der Waals surface area contributed by atoms with Crippen LogP contribution in [-0.2, 0) is 6.54 Å². The third-order valence-corrected chi connectivity index (χ3v) is 5.25. The number of carbonyl (C=O) groups excluding carboxylic acids is 1. The van der Waals surface area contributed by atoms with Crippen molar-refractivity contribution in [1.29, 1.82) is 0 Å². The molecule has 0 N–H and O–H groups in total. The first-order chi connectivity index (χ1) is 13.1. The second kappa shape index (κ2) is 7.25. The largest absolute Gasteiger partial charge is 0.278 e. The maximum absolute atomic E-state index is 13.6. The number of fused-ring (bicyclic) bond motifs is 1. The van der Waals surface area contributed by atoms with E-state index in [-0.39, 0.29) is 18.0 Å². The van der Waals surface area contributed by atoms with Gasteiger partial charge in [-0.3, -0.25) is 14.7 Å². The third-order valence-electron chi connectivity index (χ3n) is 4.20. The zero-order valence-corrected chi connectivity index (χ0v) is 15.4. The molecule has 4 nitrogen and oxygen atoms in total. The minimum Gasteiger partial charge on any atom is -0.278 e. The second-order valence-corrected chi connectivity index (χ2v) is 7.15. The summed E-state index contributed by atoms with van der Waals surface area (Å²) < 4.78 is 14.6. The van der Waals surface area contributed by atoms with E-state index in [9.17, 15) is 9.18 Å². The van der Waals surface area contributed by atoms with E-state index in [1.54, 1.807) is 17.2 Å². The summed E-state index contributed by atoms with van der Waals surface area (Å²) in [5.41, 5.74) is 2.93. The minimum atomic E-state index is -0.446. The summed E-state index contributed by atoms with van der Waals surface area (Å²) in [6, 6.07) is 17.2. The third kappa shape index (κ3) is 3.57. The molecular formula is C21H16FN3OS. The van der Waals surface area contributed by atoms with Gasteiger partial charge in [-0.05, 0) is 48.9 Å². The topological polar surface area (TPSA) is 46.1 Å². The highest BCUT2D eigenvalue weighted by Crippen LogP contribution is 2.32. The Morgan fingerprint density at radius 1 is 1.11 bits per heavy atom. The zero-order valence-electron chi connectivity index (χ0n) is 14.6. The number of pyridine rings is 1. The van der Waals surface area contributed by atoms with E-state index in [4.69, 9.17) is 0 Å². The van der Waals surface area contributed by atoms with E-state index in [1.165, 1.54) is 29.5 Å². The van der Waals surface area contributed by atoms with E-state index >= 15 is 0 Å². The van der Waals surface area contributed by atoms with Crippen LogP contribution in [0.5, 0.6) is 0 Å². The van der Waals surface area contributed by atoms with Gasteiger partial charge in [0, 0.05) is 11.8 Å². The number of benzene rings is 2. The molecule has 4 rings (SSSR count). The van der Waals surface area contributed by atoms with Crippen molar-refractivity contribution in [3.63, 3.8) is 0 Å². The van der Waals surface area contributed by atoms with Crippen LogP contribution in [0.4, 0.5) is 9.52 Å². The van der Waals surface area contributed by atoms with Crippen LogP contribution in [0.2, 0.25) is 0 Å². The fourth-order valence-corrected chi connectivity index (χ4v) is 3.89. The molecule has 0 atom stereocenters. The summed E-state index contributed by atoms with van der Waals surface area (Å²) in [5, 5.41) is 0.569. The first kappa shape index (κ1) is 17.3. The van der Waals surface area contributed by atoms with Crippen LogP contribution in [0.25, 0.3) is 10.2 Å². The molecule has 2 aromatic heterocycles. The SMILES string of the molecule is Cc1cccc2sc(N(Cc3ccccn3)C(=O)c3cccc(F)c3)nc12. The molecule has 27 heavy (non-hydrogen) atoms. The number of para-hydroxylation sites is 1. The number of hydrogen-bond acceptors (Lipinski definition) is 4. The van der Waals surface area contributed by atoms with Crippen molar-refractivity contribution in [2.75, 3.05) is 4.90 Å². The number of nitrogens with zero attached hydrogens (tertiary/aromatic N) is 3. The maximum Gasteiger partial charge on any atom is 0.260 e. The predicted octanol–water partition coefficient (Wildman–Crippen LogP) is 4.99. The molecule has 0 aliphatic carbocycles. The Kier molecular flexibility index (Phi) is 4.64. The first-order valence-electron chi connectivity index (χ1n) is 8.45. The Bertz CT molecular complexity index is 1110. The number of aryl methyl sites for hydroxylation is 1. The monoisotopic (exact) mass is 377 g/mol. The molecule has 0 radical (unpaired) electrons. The van der Waals surface area contributed by atoms with Crippen LogP contribution >= 0.6 is 11.3 Å². The standard InChI is InChI=1S/C21H16FN3OS/c1-14-6-4-10-18-19(14)24-21(27-18)25(13-17-9-2-3-11-23-17)20(26)15-7-5-8-16(22)12-15/h2-12H,13H2,1H3. The fraction of sp³-hybridized carbons (Fsp3) is 0.0952. The molecule has 0 fully saturated rings. The summed E-state index contributed by atoms with van der Waals surface area (Å²) in [6.45, 7) is 2.25. The lowest BCUT2D eigenvalue weighted by Crippen LogP contribution is -2.30. The van der Waals surface area contributed by atoms with E-state index < -0.39 is 5.82 Å². The van der Waals surface area contributed by atoms with Gasteiger partial charge in [-0.2, -0.15) is 0 Å². The van der Waals surface area contributed by atoms with E-state index in [2.05, 4.69) is 9.97 Å². The van der Waals surface area contributed by atoms with Gasteiger partial charge in [-0.15, -0.1) is 0 Å². The lowest BCUT2D eigenvalue weighted by molar-refractivity contribution is 0.0984. The van der Waals surface area contributed by atoms with E-state index in [0.29, 0.717) is 5.13 Å². The Balaban J connectivity index is 1.79. The fourth-order valence-electron chi connectivity index (χ4n) is 2.85. The van der Waals surface area contributed by atoms with Crippen molar-refractivity contribution >= 4 is 32.6 Å². The molecule has 0 unspecified atom stereocenters. The molecule has 0 bridgehead atoms. The molecule has 134 valence electrons. The van der Waals surface area contributed by atoms with Crippen LogP contribution in [0.1, 0.15) is 21.6 Å². The lowest BCUT2D eigenvalue weighted by Gasteiger charge is -2.19. The summed E-state index contributed by atoms with van der Waals surface area (Å²) >= 11 is 1.44. The number of carbonyl (C=O) groups is 1. The highest BCUT2D eigenvalue weighted by Gasteiger charge is 2.22. The van der Waals surface area contributed by atoms with Gasteiger partial charge in [-0.25, -0.2) is 9.37 Å². The van der Waals surface area contributed by atoms with Crippen molar-refractivity contribution < 1.29 is 9.18 Å². The normalized spacial score (nSPS) is 10.9. The van der Waals surface area contributed by atoms with Crippen LogP contribution in [0.15, 0.2) is 66.9 Å². The highest BCUT2D eigenvalue weighted by molar-refractivity contribution is 7.22. The maximum atomic E-state index is 13.6. The molecule has 0 saturated carbocycles. The number of hydrogen-bond donors (Lipinski definition) is 0. The van der Waals surface area contributed by atoms with E-state index in [0.717, 1.165) is 21.5 Å². The van der Waals surface area contributed by atoms with Gasteiger partial charge in [0.05, 0.1) is 22.5 Å². The van der Waals surface area contributed by atoms with Gasteiger partial charge >= 0.3 is 0 Å². The number of halogens is 1. The molecule has 0 aliphatic rings. The number of rotatable bonds is 4. The molecule has 0 spiro atoms. The molecule has 4 aromatic rings. The van der Waals surface area contributed by atoms with Crippen LogP contribution in [-0.4, -0.2) is 15.9 Å². The van der Waals surface area contributed by atoms with Crippen LogP contribution in [0.3, 0.4) is 0 Å². The summed E-state index contributed by atoms with van der Waals surface area (Å²) in [4.78, 5) is 23.7. The smallest absolute Gasteiger partial charge is 0.260 e. The highest BCUT2D eigenvalue weighted by atomic mass is 32.1. The predicted molar refractivity (Wildman–Crippen MR) is 106 cm³/mol. The molecule has 0 aliphatic heterocycles. The summed E-state index contributed by atoms with van der Waals surface area (Å²) in [6.07, 6.45) is 1.68. The molecule has 1 amide bonds. The van der Waals surface area contributed by atoms with E-state index in [1.807, 2.05) is 43.3 Å². The Hall–Kier alpha value is -3.12. The zero-order chi connectivity index (χ0) is 18.8. The second-order valence-electron chi connectivity index (χ2n) is 6.14. The number of thiazole rings is 1. The van der Waals surface area contributed by atoms with Crippen molar-refractivity contribution in [2.24, 2.45) is 0 Å². The van der Waals surface area contributed by atoms with Crippen LogP contribution in [0, 0.1) is 12.7 Å². The number of amides is 1. The van der Waals surface area contributed by atoms with Gasteiger partial charge in [0.25, 0.3) is 5.91 Å². The summed E-state index contributed by atoms with van der Waals surface area (Å²) in [5.74, 6) is -0.754. The Morgan fingerprint density at radius 2 is 1.96 bits per heavy atom. The van der Waals surface area contributed by atoms with Gasteiger partial charge in [0.1, 0.15) is 5.82 Å². The number of aromatic nitrogens is 2. The first-order valence-corrected chi connectivity index (χ1v) is 9.27. The molecule has 0 saturated heterocycles. The lowest BCUT2D eigenvalue weighted by atomic mass is 10.2. The number of anilines is 1.